The van der Waals surface area contributed by atoms with Gasteiger partial charge in [-0.3, -0.25) is 0 Å². The van der Waals surface area contributed by atoms with Crippen LogP contribution in [-0.4, -0.2) is 7.11 Å². The van der Waals surface area contributed by atoms with Crippen molar-refractivity contribution in [2.75, 3.05) is 7.11 Å². The molecule has 0 saturated carbocycles. The van der Waals surface area contributed by atoms with Crippen LogP contribution in [0, 0.1) is 6.07 Å². The molecule has 0 fully saturated rings. The molecule has 0 N–H and O–H groups in total. The molecule has 56 valence electrons. The zero-order chi connectivity index (χ0) is 6.53. The van der Waals surface area contributed by atoms with Crippen LogP contribution in [0.1, 0.15) is 5.56 Å². The molecule has 3 heteroatoms. The van der Waals surface area contributed by atoms with Gasteiger partial charge in [0.05, 0.1) is 0 Å². The Morgan fingerprint density at radius 3 is 2.36 bits per heavy atom. The van der Waals surface area contributed by atoms with Crippen molar-refractivity contribution in [3.05, 3.63) is 35.9 Å². The Hall–Kier alpha value is 0.533. The molecule has 0 saturated heterocycles. The van der Waals surface area contributed by atoms with Crippen LogP contribution in [0.25, 0.3) is 0 Å². The monoisotopic (exact) mass is 312 g/mol. The van der Waals surface area contributed by atoms with Crippen LogP contribution in [0.3, 0.4) is 0 Å². The van der Waals surface area contributed by atoms with Gasteiger partial charge in [0.15, 0.2) is 0 Å². The maximum atomic E-state index is 4.91. The van der Waals surface area contributed by atoms with Crippen molar-refractivity contribution in [3.8, 4) is 0 Å². The molecule has 0 bridgehead atoms. The second kappa shape index (κ2) is 8.63. The molecule has 0 spiro atoms. The normalized spacial score (nSPS) is 7.73. The average molecular weight is 313 g/mol. The third-order valence-corrected chi connectivity index (χ3v) is 1.10. The molecule has 0 aliphatic carbocycles. The van der Waals surface area contributed by atoms with Crippen LogP contribution in [-0.2, 0) is 30.8 Å². The van der Waals surface area contributed by atoms with E-state index >= 15 is 0 Å². The summed E-state index contributed by atoms with van der Waals surface area (Å²) in [6.07, 6.45) is 0. The quantitative estimate of drug-likeness (QED) is 0.372. The summed E-state index contributed by atoms with van der Waals surface area (Å²) in [6, 6.07) is 10.7. The van der Waals surface area contributed by atoms with E-state index in [9.17, 15) is 0 Å². The topological polar surface area (TPSA) is 9.23 Å². The maximum absolute atomic E-state index is 4.91. The van der Waals surface area contributed by atoms with Gasteiger partial charge in [-0.2, -0.15) is 30.3 Å². The van der Waals surface area contributed by atoms with E-state index < -0.39 is 0 Å². The molecular formula is C8H9IOZn. The Bertz CT molecular complexity index is 167. The van der Waals surface area contributed by atoms with E-state index in [1.165, 1.54) is 5.56 Å². The van der Waals surface area contributed by atoms with E-state index in [0.29, 0.717) is 6.61 Å². The van der Waals surface area contributed by atoms with Gasteiger partial charge in [-0.05, 0) is 0 Å². The second-order valence-electron chi connectivity index (χ2n) is 1.84. The van der Waals surface area contributed by atoms with E-state index in [1.807, 2.05) is 24.3 Å². The minimum atomic E-state index is 0. The van der Waals surface area contributed by atoms with Crippen molar-refractivity contribution in [2.24, 2.45) is 0 Å². The molecule has 0 heterocycles. The summed E-state index contributed by atoms with van der Waals surface area (Å²) in [6.45, 7) is 0.689. The maximum Gasteiger partial charge on any atom is 2.00 e. The zero-order valence-corrected chi connectivity index (χ0v) is 11.6. The largest absolute Gasteiger partial charge is 2.00 e. The Morgan fingerprint density at radius 1 is 1.36 bits per heavy atom. The third-order valence-electron chi connectivity index (χ3n) is 1.10. The number of rotatable bonds is 2. The first-order valence-corrected chi connectivity index (χ1v) is 2.87. The van der Waals surface area contributed by atoms with Crippen LogP contribution in [0.5, 0.6) is 0 Å². The van der Waals surface area contributed by atoms with E-state index in [0.717, 1.165) is 0 Å². The van der Waals surface area contributed by atoms with Gasteiger partial charge in [-0.15, -0.1) is 5.56 Å². The number of methoxy groups -OCH3 is 1. The molecule has 0 amide bonds. The predicted molar refractivity (Wildman–Crippen MR) is 36.0 cm³/mol. The fourth-order valence-electron chi connectivity index (χ4n) is 0.684. The number of benzene rings is 1. The molecule has 1 aromatic carbocycles. The van der Waals surface area contributed by atoms with Gasteiger partial charge in [-0.1, -0.05) is 0 Å². The molecule has 0 aliphatic heterocycles. The van der Waals surface area contributed by atoms with Crippen LogP contribution >= 0.6 is 0 Å². The smallest absolute Gasteiger partial charge is 1.00 e. The van der Waals surface area contributed by atoms with E-state index in [2.05, 4.69) is 6.07 Å². The Kier molecular flexibility index (Phi) is 11.0. The van der Waals surface area contributed by atoms with Gasteiger partial charge >= 0.3 is 19.5 Å². The van der Waals surface area contributed by atoms with Crippen molar-refractivity contribution < 1.29 is 48.2 Å². The van der Waals surface area contributed by atoms with E-state index in [1.54, 1.807) is 7.11 Å². The molecule has 1 nitrogen and oxygen atoms in total. The molecule has 0 unspecified atom stereocenters. The number of hydrogen-bond acceptors (Lipinski definition) is 1. The number of ether oxygens (including phenoxy) is 1. The minimum absolute atomic E-state index is 0. The average Bonchev–Trinajstić information content (AvgIpc) is 1.91. The van der Waals surface area contributed by atoms with Crippen molar-refractivity contribution in [1.82, 2.24) is 0 Å². The SMILES string of the molecule is COCc1cc[c-]cc1.[I-].[Zn+2]. The van der Waals surface area contributed by atoms with Gasteiger partial charge in [0.2, 0.25) is 0 Å². The van der Waals surface area contributed by atoms with Crippen LogP contribution in [0.15, 0.2) is 24.3 Å². The molecule has 0 atom stereocenters. The van der Waals surface area contributed by atoms with Crippen molar-refractivity contribution >= 4 is 0 Å². The first-order chi connectivity index (χ1) is 4.43. The summed E-state index contributed by atoms with van der Waals surface area (Å²) < 4.78 is 4.91. The van der Waals surface area contributed by atoms with Gasteiger partial charge < -0.3 is 28.7 Å². The van der Waals surface area contributed by atoms with E-state index in [-0.39, 0.29) is 43.5 Å². The standard InChI is InChI=1S/C8H9O.HI.Zn/c1-9-7-8-5-3-2-4-6-8;;/h3-6H,7H2,1H3;1H;/q-1;;+2/p-1. The van der Waals surface area contributed by atoms with Gasteiger partial charge in [0, 0.05) is 13.7 Å². The summed E-state index contributed by atoms with van der Waals surface area (Å²) in [5, 5.41) is 0. The molecule has 0 aromatic heterocycles. The summed E-state index contributed by atoms with van der Waals surface area (Å²) >= 11 is 0. The first kappa shape index (κ1) is 14.1. The van der Waals surface area contributed by atoms with E-state index in [4.69, 9.17) is 4.74 Å². The molecule has 1 rings (SSSR count). The fraction of sp³-hybridized carbons (Fsp3) is 0.250. The predicted octanol–water partition coefficient (Wildman–Crippen LogP) is -1.37. The molecule has 11 heavy (non-hydrogen) atoms. The minimum Gasteiger partial charge on any atom is -1.00 e. The summed E-state index contributed by atoms with van der Waals surface area (Å²) in [4.78, 5) is 0. The summed E-state index contributed by atoms with van der Waals surface area (Å²) in [7, 11) is 1.69. The van der Waals surface area contributed by atoms with Crippen LogP contribution in [0.4, 0.5) is 0 Å². The summed E-state index contributed by atoms with van der Waals surface area (Å²) in [5.41, 5.74) is 1.19. The molecule has 0 aliphatic rings. The molecule has 1 aromatic rings. The number of hydrogen-bond donors (Lipinski definition) is 0. The zero-order valence-electron chi connectivity index (χ0n) is 6.51. The Balaban J connectivity index is 0. The van der Waals surface area contributed by atoms with Crippen LogP contribution in [0.2, 0.25) is 0 Å². The van der Waals surface area contributed by atoms with Crippen molar-refractivity contribution in [2.45, 2.75) is 6.61 Å². The molecule has 0 radical (unpaired) electrons. The van der Waals surface area contributed by atoms with Gasteiger partial charge in [-0.25, -0.2) is 0 Å². The van der Waals surface area contributed by atoms with Crippen molar-refractivity contribution in [3.63, 3.8) is 0 Å². The first-order valence-electron chi connectivity index (χ1n) is 2.87. The summed E-state index contributed by atoms with van der Waals surface area (Å²) in [5.74, 6) is 0. The van der Waals surface area contributed by atoms with Crippen LogP contribution < -0.4 is 24.0 Å². The Morgan fingerprint density at radius 2 is 1.91 bits per heavy atom. The van der Waals surface area contributed by atoms with Gasteiger partial charge in [0.25, 0.3) is 0 Å². The third kappa shape index (κ3) is 5.77. The number of halogens is 1. The van der Waals surface area contributed by atoms with Gasteiger partial charge in [0.1, 0.15) is 0 Å². The molecular weight excluding hydrogens is 304 g/mol. The van der Waals surface area contributed by atoms with Crippen molar-refractivity contribution in [1.29, 1.82) is 0 Å². The Labute approximate surface area is 97.3 Å². The fourth-order valence-corrected chi connectivity index (χ4v) is 0.684. The second-order valence-corrected chi connectivity index (χ2v) is 1.84.